The number of rotatable bonds is 7. The van der Waals surface area contributed by atoms with Crippen LogP contribution in [0.1, 0.15) is 11.1 Å². The summed E-state index contributed by atoms with van der Waals surface area (Å²) in [7, 11) is -3.48. The van der Waals surface area contributed by atoms with Gasteiger partial charge >= 0.3 is 55.0 Å². The minimum absolute atomic E-state index is 0.898. The third-order valence-corrected chi connectivity index (χ3v) is 4.27. The molecule has 35 heavy (non-hydrogen) atoms. The fourth-order valence-electron chi connectivity index (χ4n) is 2.28. The largest absolute Gasteiger partial charge is 0.488 e. The van der Waals surface area contributed by atoms with E-state index in [0.717, 1.165) is 0 Å². The summed E-state index contributed by atoms with van der Waals surface area (Å²) >= 11 is 0. The molecule has 0 aromatic heterocycles. The molecular weight excluding hydrogens is 553 g/mol. The summed E-state index contributed by atoms with van der Waals surface area (Å²) in [6.07, 6.45) is -14.9. The lowest BCUT2D eigenvalue weighted by Gasteiger charge is -2.36. The Labute approximate surface area is 180 Å². The molecular formula is C14H5BF18O2. The summed E-state index contributed by atoms with van der Waals surface area (Å²) in [5, 5.41) is 17.6. The normalized spacial score (nSPS) is 15.4. The predicted octanol–water partition coefficient (Wildman–Crippen LogP) is 5.22. The Balaban J connectivity index is 3.96. The first-order valence-corrected chi connectivity index (χ1v) is 7.94. The van der Waals surface area contributed by atoms with E-state index in [1.807, 2.05) is 0 Å². The van der Waals surface area contributed by atoms with Crippen molar-refractivity contribution in [3.8, 4) is 0 Å². The Hall–Kier alpha value is -2.06. The first-order chi connectivity index (χ1) is 15.0. The van der Waals surface area contributed by atoms with Crippen LogP contribution in [0.15, 0.2) is 18.2 Å². The van der Waals surface area contributed by atoms with Gasteiger partial charge in [-0.1, -0.05) is 12.1 Å². The van der Waals surface area contributed by atoms with Gasteiger partial charge in [0.05, 0.1) is 0 Å². The van der Waals surface area contributed by atoms with E-state index >= 15 is 0 Å². The quantitative estimate of drug-likeness (QED) is 0.357. The van der Waals surface area contributed by atoms with Gasteiger partial charge in [-0.15, -0.1) is 0 Å². The summed E-state index contributed by atoms with van der Waals surface area (Å²) < 4.78 is 236. The van der Waals surface area contributed by atoms with Crippen molar-refractivity contribution >= 4 is 12.6 Å². The monoisotopic (exact) mass is 558 g/mol. The second-order valence-corrected chi connectivity index (χ2v) is 6.66. The van der Waals surface area contributed by atoms with Crippen LogP contribution in [-0.2, 0) is 11.8 Å². The minimum atomic E-state index is -7.67. The van der Waals surface area contributed by atoms with Crippen molar-refractivity contribution in [1.29, 1.82) is 0 Å². The lowest BCUT2D eigenvalue weighted by Crippen LogP contribution is -2.60. The highest BCUT2D eigenvalue weighted by atomic mass is 19.4. The van der Waals surface area contributed by atoms with Gasteiger partial charge in [-0.3, -0.25) is 0 Å². The summed E-state index contributed by atoms with van der Waals surface area (Å²) in [5.74, 6) is -44.6. The van der Waals surface area contributed by atoms with Crippen LogP contribution in [0, 0.1) is 0 Å². The molecule has 0 radical (unpaired) electrons. The second-order valence-electron chi connectivity index (χ2n) is 6.66. The van der Waals surface area contributed by atoms with Gasteiger partial charge in [0.25, 0.3) is 0 Å². The SMILES string of the molecule is OB(O)c1cc(C(F)(F)C(F)(F)C(F)(F)C(F)(F)F)cc(C(F)(F)C(F)(F)C(F)(F)C(F)(F)F)c1. The van der Waals surface area contributed by atoms with Crippen LogP contribution in [0.2, 0.25) is 0 Å². The molecule has 0 aliphatic carbocycles. The molecule has 0 unspecified atom stereocenters. The van der Waals surface area contributed by atoms with Gasteiger partial charge in [0.2, 0.25) is 0 Å². The molecule has 0 amide bonds. The van der Waals surface area contributed by atoms with Gasteiger partial charge in [0.1, 0.15) is 0 Å². The topological polar surface area (TPSA) is 40.5 Å². The molecule has 202 valence electrons. The average Bonchev–Trinajstić information content (AvgIpc) is 2.65. The highest BCUT2D eigenvalue weighted by Gasteiger charge is 2.83. The van der Waals surface area contributed by atoms with Crippen molar-refractivity contribution in [2.75, 3.05) is 0 Å². The van der Waals surface area contributed by atoms with Gasteiger partial charge < -0.3 is 10.0 Å². The maximum absolute atomic E-state index is 14.0. The Morgan fingerprint density at radius 2 is 0.686 bits per heavy atom. The second kappa shape index (κ2) is 8.24. The number of hydrogen-bond donors (Lipinski definition) is 2. The van der Waals surface area contributed by atoms with Crippen molar-refractivity contribution in [3.63, 3.8) is 0 Å². The highest BCUT2D eigenvalue weighted by molar-refractivity contribution is 6.58. The van der Waals surface area contributed by atoms with E-state index in [9.17, 15) is 79.0 Å². The zero-order valence-corrected chi connectivity index (χ0v) is 15.5. The van der Waals surface area contributed by atoms with E-state index in [0.29, 0.717) is 0 Å². The van der Waals surface area contributed by atoms with E-state index in [1.165, 1.54) is 0 Å². The fraction of sp³-hybridized carbons (Fsp3) is 0.571. The van der Waals surface area contributed by atoms with Crippen molar-refractivity contribution in [2.24, 2.45) is 0 Å². The minimum Gasteiger partial charge on any atom is -0.423 e. The van der Waals surface area contributed by atoms with E-state index in [1.54, 1.807) is 0 Å². The Kier molecular flexibility index (Phi) is 7.29. The first-order valence-electron chi connectivity index (χ1n) is 7.94. The number of alkyl halides is 18. The fourth-order valence-corrected chi connectivity index (χ4v) is 2.28. The summed E-state index contributed by atoms with van der Waals surface area (Å²) in [5.41, 5.74) is -8.58. The molecule has 0 bridgehead atoms. The van der Waals surface area contributed by atoms with E-state index in [2.05, 4.69) is 0 Å². The molecule has 2 nitrogen and oxygen atoms in total. The molecule has 0 atom stereocenters. The third-order valence-electron chi connectivity index (χ3n) is 4.27. The standard InChI is InChI=1S/C14H5BF18O2/c16-7(17,9(20,21)11(24,25)13(28,29)30)4-1-5(3-6(2-4)15(34)35)8(18,19)10(22,23)12(26,27)14(31,32)33/h1-3,34-35H. The average molecular weight is 558 g/mol. The van der Waals surface area contributed by atoms with E-state index in [4.69, 9.17) is 10.0 Å². The first kappa shape index (κ1) is 31.0. The molecule has 0 heterocycles. The lowest BCUT2D eigenvalue weighted by atomic mass is 9.76. The maximum atomic E-state index is 14.0. The van der Waals surface area contributed by atoms with Crippen molar-refractivity contribution in [2.45, 2.75) is 47.9 Å². The zero-order chi connectivity index (χ0) is 28.4. The van der Waals surface area contributed by atoms with Gasteiger partial charge in [0, 0.05) is 11.1 Å². The molecule has 0 spiro atoms. The third kappa shape index (κ3) is 4.48. The molecule has 0 saturated heterocycles. The van der Waals surface area contributed by atoms with Crippen molar-refractivity contribution < 1.29 is 89.1 Å². The molecule has 0 fully saturated rings. The maximum Gasteiger partial charge on any atom is 0.488 e. The number of benzene rings is 1. The van der Waals surface area contributed by atoms with Crippen molar-refractivity contribution in [3.05, 3.63) is 29.3 Å². The van der Waals surface area contributed by atoms with Crippen LogP contribution in [0.5, 0.6) is 0 Å². The Morgan fingerprint density at radius 3 is 0.886 bits per heavy atom. The zero-order valence-electron chi connectivity index (χ0n) is 15.5. The molecule has 21 heteroatoms. The highest BCUT2D eigenvalue weighted by Crippen LogP contribution is 2.59. The molecule has 1 aromatic rings. The number of halogens is 18. The molecule has 0 saturated carbocycles. The van der Waals surface area contributed by atoms with Gasteiger partial charge in [-0.25, -0.2) is 0 Å². The Bertz CT molecular complexity index is 864. The van der Waals surface area contributed by atoms with E-state index in [-0.39, 0.29) is 0 Å². The molecule has 0 aliphatic heterocycles. The van der Waals surface area contributed by atoms with Crippen LogP contribution in [0.4, 0.5) is 79.0 Å². The van der Waals surface area contributed by atoms with Crippen LogP contribution in [0.3, 0.4) is 0 Å². The summed E-state index contributed by atoms with van der Waals surface area (Å²) in [6.45, 7) is 0. The molecule has 2 N–H and O–H groups in total. The van der Waals surface area contributed by atoms with Gasteiger partial charge in [-0.05, 0) is 11.5 Å². The van der Waals surface area contributed by atoms with Crippen LogP contribution >= 0.6 is 0 Å². The van der Waals surface area contributed by atoms with Gasteiger partial charge in [0.15, 0.2) is 0 Å². The van der Waals surface area contributed by atoms with Crippen LogP contribution < -0.4 is 5.46 Å². The van der Waals surface area contributed by atoms with Crippen LogP contribution in [0.25, 0.3) is 0 Å². The number of hydrogen-bond acceptors (Lipinski definition) is 2. The Morgan fingerprint density at radius 1 is 0.429 bits per heavy atom. The molecule has 1 rings (SSSR count). The van der Waals surface area contributed by atoms with Gasteiger partial charge in [-0.2, -0.15) is 79.0 Å². The summed E-state index contributed by atoms with van der Waals surface area (Å²) in [4.78, 5) is 0. The van der Waals surface area contributed by atoms with E-state index < -0.39 is 89.8 Å². The predicted molar refractivity (Wildman–Crippen MR) is 76.0 cm³/mol. The lowest BCUT2D eigenvalue weighted by molar-refractivity contribution is -0.400. The molecule has 0 aliphatic rings. The molecule has 1 aromatic carbocycles. The smallest absolute Gasteiger partial charge is 0.423 e. The van der Waals surface area contributed by atoms with Crippen LogP contribution in [-0.4, -0.2) is 53.2 Å². The van der Waals surface area contributed by atoms with Crippen molar-refractivity contribution in [1.82, 2.24) is 0 Å². The summed E-state index contributed by atoms with van der Waals surface area (Å²) in [6, 6.07) is -3.30.